The van der Waals surface area contributed by atoms with Crippen molar-refractivity contribution in [3.63, 3.8) is 0 Å². The van der Waals surface area contributed by atoms with E-state index in [4.69, 9.17) is 9.47 Å². The van der Waals surface area contributed by atoms with E-state index in [0.717, 1.165) is 29.8 Å². The van der Waals surface area contributed by atoms with Gasteiger partial charge in [-0.15, -0.1) is 0 Å². The fourth-order valence-corrected chi connectivity index (χ4v) is 4.52. The second kappa shape index (κ2) is 12.3. The second-order valence-electron chi connectivity index (χ2n) is 9.23. The van der Waals surface area contributed by atoms with E-state index < -0.39 is 53.5 Å². The van der Waals surface area contributed by atoms with Crippen LogP contribution in [0, 0.1) is 0 Å². The first-order chi connectivity index (χ1) is 18.6. The van der Waals surface area contributed by atoms with Crippen molar-refractivity contribution in [3.05, 3.63) is 82.4 Å². The van der Waals surface area contributed by atoms with Crippen molar-refractivity contribution in [2.24, 2.45) is 0 Å². The monoisotopic (exact) mass is 587 g/mol. The van der Waals surface area contributed by atoms with Crippen LogP contribution < -0.4 is 10.1 Å². The summed E-state index contributed by atoms with van der Waals surface area (Å²) in [7, 11) is -0.286. The fraction of sp³-hybridized carbons (Fsp3) is 0.321. The summed E-state index contributed by atoms with van der Waals surface area (Å²) in [5, 5.41) is 2.29. The van der Waals surface area contributed by atoms with Gasteiger partial charge in [0, 0.05) is 34.1 Å². The lowest BCUT2D eigenvalue weighted by Gasteiger charge is -2.18. The van der Waals surface area contributed by atoms with Gasteiger partial charge in [0.05, 0.1) is 18.2 Å². The van der Waals surface area contributed by atoms with E-state index >= 15 is 0 Å². The number of halogens is 6. The molecule has 0 saturated heterocycles. The van der Waals surface area contributed by atoms with Gasteiger partial charge in [-0.2, -0.15) is 26.3 Å². The maximum Gasteiger partial charge on any atom is 0.416 e. The molecule has 0 bridgehead atoms. The van der Waals surface area contributed by atoms with E-state index in [1.54, 1.807) is 12.1 Å². The van der Waals surface area contributed by atoms with Crippen molar-refractivity contribution in [3.8, 4) is 16.9 Å². The Bertz CT molecular complexity index is 1400. The van der Waals surface area contributed by atoms with Gasteiger partial charge in [0.15, 0.2) is 0 Å². The molecule has 40 heavy (non-hydrogen) atoms. The zero-order chi connectivity index (χ0) is 29.8. The number of ether oxygens (including phenoxy) is 2. The number of carbonyl (C=O) groups excluding carboxylic acids is 1. The zero-order valence-corrected chi connectivity index (χ0v) is 22.8. The molecule has 0 aliphatic carbocycles. The van der Waals surface area contributed by atoms with Crippen LogP contribution in [0.4, 0.5) is 31.1 Å². The Hall–Kier alpha value is -3.54. The maximum atomic E-state index is 13.5. The molecule has 1 atom stereocenters. The Morgan fingerprint density at radius 2 is 1.57 bits per heavy atom. The molecule has 0 saturated carbocycles. The summed E-state index contributed by atoms with van der Waals surface area (Å²) in [5.41, 5.74) is -0.138. The Morgan fingerprint density at radius 3 is 2.15 bits per heavy atom. The van der Waals surface area contributed by atoms with Crippen molar-refractivity contribution < 1.29 is 44.8 Å². The van der Waals surface area contributed by atoms with Gasteiger partial charge in [0.25, 0.3) is 0 Å². The number of alkyl carbamates (subject to hydrolysis) is 1. The molecule has 0 radical (unpaired) electrons. The van der Waals surface area contributed by atoms with Crippen LogP contribution in [0.2, 0.25) is 0 Å². The van der Waals surface area contributed by atoms with Crippen LogP contribution >= 0.6 is 0 Å². The summed E-state index contributed by atoms with van der Waals surface area (Å²) in [6.07, 6.45) is -9.19. The molecule has 0 aromatic heterocycles. The van der Waals surface area contributed by atoms with Crippen molar-refractivity contribution in [1.82, 2.24) is 5.32 Å². The molecule has 1 N–H and O–H groups in total. The number of amides is 1. The number of alkyl halides is 6. The van der Waals surface area contributed by atoms with Crippen molar-refractivity contribution in [1.29, 1.82) is 0 Å². The molecule has 3 aromatic rings. The van der Waals surface area contributed by atoms with Gasteiger partial charge < -0.3 is 14.8 Å². The normalized spacial score (nSPS) is 12.8. The third-order valence-corrected chi connectivity index (χ3v) is 6.93. The van der Waals surface area contributed by atoms with Gasteiger partial charge >= 0.3 is 18.4 Å². The molecule has 0 heterocycles. The molecule has 3 rings (SSSR count). The highest BCUT2D eigenvalue weighted by atomic mass is 32.2. The molecule has 3 aromatic carbocycles. The summed E-state index contributed by atoms with van der Waals surface area (Å²) < 4.78 is 103. The number of benzene rings is 3. The van der Waals surface area contributed by atoms with Gasteiger partial charge in [-0.25, -0.2) is 4.79 Å². The smallest absolute Gasteiger partial charge is 0.416 e. The Morgan fingerprint density at radius 1 is 0.900 bits per heavy atom. The molecule has 0 spiro atoms. The lowest BCUT2D eigenvalue weighted by molar-refractivity contribution is -0.138. The van der Waals surface area contributed by atoms with Crippen molar-refractivity contribution >= 4 is 16.9 Å². The number of hydrogen-bond donors (Lipinski definition) is 1. The molecule has 1 unspecified atom stereocenters. The summed E-state index contributed by atoms with van der Waals surface area (Å²) in [5.74, 6) is 0.523. The molecule has 0 aliphatic rings. The average Bonchev–Trinajstić information content (AvgIpc) is 2.88. The van der Waals surface area contributed by atoms with Crippen LogP contribution in [-0.2, 0) is 41.0 Å². The highest BCUT2D eigenvalue weighted by molar-refractivity contribution is 7.84. The van der Waals surface area contributed by atoms with E-state index in [-0.39, 0.29) is 21.9 Å². The van der Waals surface area contributed by atoms with Gasteiger partial charge in [-0.05, 0) is 70.6 Å². The van der Waals surface area contributed by atoms with Crippen molar-refractivity contribution in [2.75, 3.05) is 13.4 Å². The van der Waals surface area contributed by atoms with E-state index in [1.807, 2.05) is 19.9 Å². The quantitative estimate of drug-likeness (QED) is 0.275. The molecule has 0 aliphatic heterocycles. The van der Waals surface area contributed by atoms with E-state index in [1.165, 1.54) is 25.5 Å². The van der Waals surface area contributed by atoms with E-state index in [9.17, 15) is 35.3 Å². The Balaban J connectivity index is 1.87. The van der Waals surface area contributed by atoms with Gasteiger partial charge in [-0.1, -0.05) is 26.0 Å². The number of hydrogen-bond acceptors (Lipinski definition) is 4. The molecule has 12 heteroatoms. The third kappa shape index (κ3) is 7.77. The second-order valence-corrected chi connectivity index (χ2v) is 10.6. The van der Waals surface area contributed by atoms with Gasteiger partial charge in [0.2, 0.25) is 0 Å². The number of methoxy groups -OCH3 is 1. The minimum absolute atomic E-state index is 0.0203. The number of nitrogens with one attached hydrogen (secondary N) is 1. The van der Waals surface area contributed by atoms with E-state index in [2.05, 4.69) is 5.32 Å². The van der Waals surface area contributed by atoms with Crippen LogP contribution in [0.1, 0.15) is 47.6 Å². The molecule has 216 valence electrons. The van der Waals surface area contributed by atoms with Gasteiger partial charge in [0.1, 0.15) is 12.4 Å². The minimum Gasteiger partial charge on any atom is -0.496 e. The fourth-order valence-electron chi connectivity index (χ4n) is 3.91. The first-order valence-electron chi connectivity index (χ1n) is 11.9. The van der Waals surface area contributed by atoms with Crippen LogP contribution in [0.15, 0.2) is 59.5 Å². The lowest BCUT2D eigenvalue weighted by atomic mass is 9.93. The SMILES string of the molecule is COc1ccc(C(C)C)cc1-c1ccc(C(F)(F)F)cc1COC(=O)NCc1cc(S(C)=O)cc(C(F)(F)F)c1. The summed E-state index contributed by atoms with van der Waals surface area (Å²) in [4.78, 5) is 12.3. The predicted octanol–water partition coefficient (Wildman–Crippen LogP) is 7.69. The Labute approximate surface area is 230 Å². The van der Waals surface area contributed by atoms with E-state index in [0.29, 0.717) is 16.9 Å². The first kappa shape index (κ1) is 31.0. The molecule has 5 nitrogen and oxygen atoms in total. The molecule has 0 fully saturated rings. The topological polar surface area (TPSA) is 64.6 Å². The van der Waals surface area contributed by atoms with Crippen LogP contribution in [0.5, 0.6) is 5.75 Å². The minimum atomic E-state index is -4.70. The van der Waals surface area contributed by atoms with Gasteiger partial charge in [-0.3, -0.25) is 4.21 Å². The third-order valence-electron chi connectivity index (χ3n) is 6.03. The Kier molecular flexibility index (Phi) is 9.55. The summed E-state index contributed by atoms with van der Waals surface area (Å²) in [6.45, 7) is 2.95. The largest absolute Gasteiger partial charge is 0.496 e. The summed E-state index contributed by atoms with van der Waals surface area (Å²) >= 11 is 0. The average molecular weight is 588 g/mol. The van der Waals surface area contributed by atoms with Crippen LogP contribution in [0.3, 0.4) is 0 Å². The molecule has 1 amide bonds. The number of carbonyl (C=O) groups is 1. The predicted molar refractivity (Wildman–Crippen MR) is 138 cm³/mol. The molecular formula is C28H27F6NO4S. The standard InChI is InChI=1S/C28H27F6NO4S/c1-16(2)18-5-8-25(38-3)24(12-18)23-7-6-20(27(29,30)31)11-19(23)15-39-26(36)35-14-17-9-21(28(32,33)34)13-22(10-17)40(4)37/h5-13,16H,14-15H2,1-4H3,(H,35,36). The van der Waals surface area contributed by atoms with Crippen LogP contribution in [0.25, 0.3) is 11.1 Å². The maximum absolute atomic E-state index is 13.5. The zero-order valence-electron chi connectivity index (χ0n) is 22.0. The van der Waals surface area contributed by atoms with Crippen molar-refractivity contribution in [2.45, 2.75) is 50.2 Å². The molecular weight excluding hydrogens is 560 g/mol. The van der Waals surface area contributed by atoms with Crippen LogP contribution in [-0.4, -0.2) is 23.7 Å². The highest BCUT2D eigenvalue weighted by Gasteiger charge is 2.32. The first-order valence-corrected chi connectivity index (χ1v) is 13.5. The lowest BCUT2D eigenvalue weighted by Crippen LogP contribution is -2.24. The highest BCUT2D eigenvalue weighted by Crippen LogP contribution is 2.38. The number of rotatable bonds is 8. The summed E-state index contributed by atoms with van der Waals surface area (Å²) in [6, 6.07) is 11.2.